The van der Waals surface area contributed by atoms with Crippen molar-refractivity contribution in [3.8, 4) is 5.75 Å². The number of hydrogen-bond donors (Lipinski definition) is 1. The number of nitrogens with one attached hydrogen (secondary N) is 1. The third kappa shape index (κ3) is 9.20. The largest absolute Gasteiger partial charge is 0.494 e. The molecule has 8 nitrogen and oxygen atoms in total. The Morgan fingerprint density at radius 2 is 1.43 bits per heavy atom. The molecule has 0 fully saturated rings. The number of nitrogens with zero attached hydrogens (tertiary/aromatic N) is 2. The van der Waals surface area contributed by atoms with Crippen LogP contribution in [0, 0.1) is 0 Å². The summed E-state index contributed by atoms with van der Waals surface area (Å²) in [5, 5.41) is 3.05. The van der Waals surface area contributed by atoms with Gasteiger partial charge in [0.2, 0.25) is 11.8 Å². The molecule has 0 bridgehead atoms. The highest BCUT2D eigenvalue weighted by Gasteiger charge is 2.35. The van der Waals surface area contributed by atoms with E-state index in [-0.39, 0.29) is 29.8 Å². The van der Waals surface area contributed by atoms with Crippen LogP contribution < -0.4 is 14.4 Å². The van der Waals surface area contributed by atoms with Gasteiger partial charge in [0.25, 0.3) is 10.0 Å². The number of benzene rings is 4. The third-order valence-electron chi connectivity index (χ3n) is 7.58. The van der Waals surface area contributed by atoms with Crippen LogP contribution in [0.3, 0.4) is 0 Å². The molecule has 0 spiro atoms. The topological polar surface area (TPSA) is 96.0 Å². The van der Waals surface area contributed by atoms with Crippen molar-refractivity contribution < 1.29 is 22.7 Å². The first kappa shape index (κ1) is 34.7. The molecule has 10 heteroatoms. The predicted octanol–water partition coefficient (Wildman–Crippen LogP) is 6.60. The second-order valence-electron chi connectivity index (χ2n) is 10.9. The van der Waals surface area contributed by atoms with Gasteiger partial charge < -0.3 is 15.0 Å². The van der Waals surface area contributed by atoms with Crippen molar-refractivity contribution in [3.05, 3.63) is 125 Å². The van der Waals surface area contributed by atoms with Gasteiger partial charge in [0.05, 0.1) is 17.2 Å². The summed E-state index contributed by atoms with van der Waals surface area (Å²) in [5.74, 6) is -0.241. The second kappa shape index (κ2) is 16.4. The van der Waals surface area contributed by atoms with Gasteiger partial charge >= 0.3 is 0 Å². The van der Waals surface area contributed by atoms with Crippen molar-refractivity contribution in [2.24, 2.45) is 0 Å². The highest BCUT2D eigenvalue weighted by molar-refractivity contribution is 9.10. The number of carbonyl (C=O) groups is 2. The maximum Gasteiger partial charge on any atom is 0.264 e. The zero-order chi connectivity index (χ0) is 33.1. The Balaban J connectivity index is 1.79. The monoisotopic (exact) mass is 705 g/mol. The summed E-state index contributed by atoms with van der Waals surface area (Å²) >= 11 is 3.46. The third-order valence-corrected chi connectivity index (χ3v) is 9.90. The van der Waals surface area contributed by atoms with Crippen LogP contribution in [-0.4, -0.2) is 50.4 Å². The van der Waals surface area contributed by atoms with Crippen molar-refractivity contribution in [2.75, 3.05) is 17.5 Å². The van der Waals surface area contributed by atoms with E-state index in [0.29, 0.717) is 24.5 Å². The van der Waals surface area contributed by atoms with E-state index in [4.69, 9.17) is 4.74 Å². The maximum atomic E-state index is 14.5. The molecule has 0 aliphatic rings. The summed E-state index contributed by atoms with van der Waals surface area (Å²) in [6, 6.07) is 30.6. The van der Waals surface area contributed by atoms with Crippen LogP contribution >= 0.6 is 15.9 Å². The molecule has 1 N–H and O–H groups in total. The number of hydrogen-bond acceptors (Lipinski definition) is 5. The summed E-state index contributed by atoms with van der Waals surface area (Å²) in [5.41, 5.74) is 1.97. The first-order valence-corrected chi connectivity index (χ1v) is 17.5. The fourth-order valence-electron chi connectivity index (χ4n) is 4.91. The fourth-order valence-corrected chi connectivity index (χ4v) is 6.60. The van der Waals surface area contributed by atoms with Crippen molar-refractivity contribution in [1.82, 2.24) is 10.2 Å². The molecule has 2 amide bonds. The highest BCUT2D eigenvalue weighted by atomic mass is 79.9. The molecule has 4 rings (SSSR count). The minimum absolute atomic E-state index is 0.0477. The van der Waals surface area contributed by atoms with Gasteiger partial charge in [0.1, 0.15) is 18.3 Å². The molecular formula is C36H40BrN3O5S. The molecule has 2 unspecified atom stereocenters. The Morgan fingerprint density at radius 1 is 0.826 bits per heavy atom. The second-order valence-corrected chi connectivity index (χ2v) is 13.7. The van der Waals surface area contributed by atoms with Crippen molar-refractivity contribution >= 4 is 43.5 Å². The van der Waals surface area contributed by atoms with Gasteiger partial charge in [-0.25, -0.2) is 8.42 Å². The molecular weight excluding hydrogens is 666 g/mol. The molecule has 2 atom stereocenters. The molecule has 0 saturated carbocycles. The lowest BCUT2D eigenvalue weighted by Crippen LogP contribution is -2.54. The van der Waals surface area contributed by atoms with Gasteiger partial charge in [-0.15, -0.1) is 0 Å². The summed E-state index contributed by atoms with van der Waals surface area (Å²) in [4.78, 5) is 30.0. The molecule has 0 aromatic heterocycles. The van der Waals surface area contributed by atoms with Crippen LogP contribution in [-0.2, 0) is 32.6 Å². The summed E-state index contributed by atoms with van der Waals surface area (Å²) in [6.45, 7) is 5.78. The van der Waals surface area contributed by atoms with Crippen molar-refractivity contribution in [1.29, 1.82) is 0 Å². The number of rotatable bonds is 15. The minimum Gasteiger partial charge on any atom is -0.494 e. The van der Waals surface area contributed by atoms with Crippen LogP contribution in [0.5, 0.6) is 5.75 Å². The van der Waals surface area contributed by atoms with Crippen LogP contribution in [0.15, 0.2) is 119 Å². The Bertz CT molecular complexity index is 1670. The predicted molar refractivity (Wildman–Crippen MR) is 185 cm³/mol. The molecule has 0 heterocycles. The van der Waals surface area contributed by atoms with Gasteiger partial charge in [-0.2, -0.15) is 0 Å². The van der Waals surface area contributed by atoms with E-state index >= 15 is 0 Å². The number of anilines is 1. The van der Waals surface area contributed by atoms with Gasteiger partial charge in [-0.05, 0) is 79.9 Å². The normalized spacial score (nSPS) is 12.5. The van der Waals surface area contributed by atoms with E-state index < -0.39 is 28.5 Å². The maximum absolute atomic E-state index is 14.5. The Morgan fingerprint density at radius 3 is 2.02 bits per heavy atom. The van der Waals surface area contributed by atoms with E-state index in [9.17, 15) is 18.0 Å². The van der Waals surface area contributed by atoms with E-state index in [2.05, 4.69) is 21.2 Å². The number of sulfonamides is 1. The molecule has 46 heavy (non-hydrogen) atoms. The van der Waals surface area contributed by atoms with Crippen LogP contribution in [0.25, 0.3) is 0 Å². The number of amides is 2. The SMILES string of the molecule is CCOc1ccc(N(CC(=O)N(Cc2ccc(Br)cc2)C(Cc2ccccc2)C(=O)NC(C)CC)S(=O)(=O)c2ccccc2)cc1. The lowest BCUT2D eigenvalue weighted by molar-refractivity contribution is -0.140. The Kier molecular flexibility index (Phi) is 12.4. The van der Waals surface area contributed by atoms with Gasteiger partial charge in [-0.1, -0.05) is 83.5 Å². The molecule has 242 valence electrons. The number of carbonyl (C=O) groups excluding carboxylic acids is 2. The summed E-state index contributed by atoms with van der Waals surface area (Å²) < 4.78 is 35.8. The van der Waals surface area contributed by atoms with E-state index in [1.54, 1.807) is 42.5 Å². The van der Waals surface area contributed by atoms with E-state index in [1.165, 1.54) is 17.0 Å². The summed E-state index contributed by atoms with van der Waals surface area (Å²) in [6.07, 6.45) is 0.963. The highest BCUT2D eigenvalue weighted by Crippen LogP contribution is 2.27. The van der Waals surface area contributed by atoms with Crippen LogP contribution in [0.4, 0.5) is 5.69 Å². The molecule has 0 saturated heterocycles. The fraction of sp³-hybridized carbons (Fsp3) is 0.278. The van der Waals surface area contributed by atoms with E-state index in [1.807, 2.05) is 75.4 Å². The minimum atomic E-state index is -4.18. The molecule has 0 aliphatic heterocycles. The lowest BCUT2D eigenvalue weighted by atomic mass is 10.0. The average molecular weight is 707 g/mol. The first-order chi connectivity index (χ1) is 22.1. The molecule has 0 radical (unpaired) electrons. The van der Waals surface area contributed by atoms with Gasteiger partial charge in [0, 0.05) is 23.5 Å². The smallest absolute Gasteiger partial charge is 0.264 e. The lowest BCUT2D eigenvalue weighted by Gasteiger charge is -2.34. The van der Waals surface area contributed by atoms with Crippen LogP contribution in [0.1, 0.15) is 38.3 Å². The average Bonchev–Trinajstić information content (AvgIpc) is 3.07. The Labute approximate surface area is 280 Å². The number of ether oxygens (including phenoxy) is 1. The molecule has 4 aromatic carbocycles. The molecule has 0 aliphatic carbocycles. The quantitative estimate of drug-likeness (QED) is 0.150. The Hall–Kier alpha value is -4.15. The zero-order valence-electron chi connectivity index (χ0n) is 26.3. The number of halogens is 1. The first-order valence-electron chi connectivity index (χ1n) is 15.3. The van der Waals surface area contributed by atoms with Gasteiger partial charge in [0.15, 0.2) is 0 Å². The van der Waals surface area contributed by atoms with Gasteiger partial charge in [-0.3, -0.25) is 13.9 Å². The van der Waals surface area contributed by atoms with E-state index in [0.717, 1.165) is 19.9 Å². The summed E-state index contributed by atoms with van der Waals surface area (Å²) in [7, 11) is -4.18. The van der Waals surface area contributed by atoms with Crippen LogP contribution in [0.2, 0.25) is 0 Å². The molecule has 4 aromatic rings. The van der Waals surface area contributed by atoms with Crippen molar-refractivity contribution in [2.45, 2.75) is 57.1 Å². The zero-order valence-corrected chi connectivity index (χ0v) is 28.7. The standard InChI is InChI=1S/C36H40BrN3O5S/c1-4-27(3)38-36(42)34(24-28-12-8-6-9-13-28)39(25-29-16-18-30(37)19-17-29)35(41)26-40(31-20-22-32(23-21-31)45-5-2)46(43,44)33-14-10-7-11-15-33/h6-23,27,34H,4-5,24-26H2,1-3H3,(H,38,42). The van der Waals surface area contributed by atoms with Crippen molar-refractivity contribution in [3.63, 3.8) is 0 Å².